The molecule has 36 heavy (non-hydrogen) atoms. The van der Waals surface area contributed by atoms with Crippen molar-refractivity contribution >= 4 is 34.6 Å². The van der Waals surface area contributed by atoms with E-state index in [1.54, 1.807) is 14.2 Å². The molecule has 0 saturated carbocycles. The van der Waals surface area contributed by atoms with Crippen molar-refractivity contribution < 1.29 is 14.2 Å². The SMILES string of the molecule is COc1ccc(CCNc2nc(N3CCOCC3)c3[nH]c(Nc4cccc(C)c4)nc3n2)cc1OC. The number of nitrogens with zero attached hydrogens (tertiary/aromatic N) is 4. The number of nitrogens with one attached hydrogen (secondary N) is 3. The topological polar surface area (TPSA) is 109 Å². The van der Waals surface area contributed by atoms with E-state index >= 15 is 0 Å². The maximum absolute atomic E-state index is 5.55. The average Bonchev–Trinajstić information content (AvgIpc) is 3.30. The minimum absolute atomic E-state index is 0.540. The third kappa shape index (κ3) is 5.28. The maximum atomic E-state index is 5.55. The van der Waals surface area contributed by atoms with Crippen molar-refractivity contribution in [3.05, 3.63) is 53.6 Å². The predicted molar refractivity (Wildman–Crippen MR) is 141 cm³/mol. The van der Waals surface area contributed by atoms with Gasteiger partial charge in [-0.25, -0.2) is 0 Å². The molecule has 4 aromatic rings. The Bertz CT molecular complexity index is 1330. The molecule has 0 spiro atoms. The van der Waals surface area contributed by atoms with Crippen LogP contribution in [0, 0.1) is 6.92 Å². The highest BCUT2D eigenvalue weighted by Crippen LogP contribution is 2.29. The Morgan fingerprint density at radius 2 is 1.83 bits per heavy atom. The smallest absolute Gasteiger partial charge is 0.226 e. The van der Waals surface area contributed by atoms with Gasteiger partial charge in [-0.15, -0.1) is 0 Å². The Balaban J connectivity index is 1.38. The van der Waals surface area contributed by atoms with Crippen LogP contribution in [-0.4, -0.2) is 67.0 Å². The molecule has 1 aliphatic heterocycles. The summed E-state index contributed by atoms with van der Waals surface area (Å²) in [6.45, 7) is 5.56. The summed E-state index contributed by atoms with van der Waals surface area (Å²) in [7, 11) is 3.28. The van der Waals surface area contributed by atoms with Crippen LogP contribution in [0.25, 0.3) is 11.2 Å². The van der Waals surface area contributed by atoms with Crippen LogP contribution in [0.1, 0.15) is 11.1 Å². The first-order chi connectivity index (χ1) is 17.6. The number of H-pyrrole nitrogens is 1. The van der Waals surface area contributed by atoms with Gasteiger partial charge < -0.3 is 34.7 Å². The average molecular weight is 490 g/mol. The van der Waals surface area contributed by atoms with E-state index in [0.29, 0.717) is 48.8 Å². The lowest BCUT2D eigenvalue weighted by molar-refractivity contribution is 0.122. The Morgan fingerprint density at radius 1 is 1.00 bits per heavy atom. The molecule has 1 aliphatic rings. The van der Waals surface area contributed by atoms with E-state index < -0.39 is 0 Å². The summed E-state index contributed by atoms with van der Waals surface area (Å²) in [5.41, 5.74) is 4.67. The molecule has 1 fully saturated rings. The number of morpholine rings is 1. The van der Waals surface area contributed by atoms with Crippen molar-refractivity contribution in [1.82, 2.24) is 19.9 Å². The molecule has 188 valence electrons. The molecule has 0 radical (unpaired) electrons. The Kier molecular flexibility index (Phi) is 7.03. The third-order valence-electron chi connectivity index (χ3n) is 6.07. The molecule has 0 amide bonds. The third-order valence-corrected chi connectivity index (χ3v) is 6.07. The summed E-state index contributed by atoms with van der Waals surface area (Å²) < 4.78 is 16.3. The second-order valence-electron chi connectivity index (χ2n) is 8.61. The van der Waals surface area contributed by atoms with Crippen LogP contribution in [-0.2, 0) is 11.2 Å². The fourth-order valence-electron chi connectivity index (χ4n) is 4.24. The van der Waals surface area contributed by atoms with Crippen LogP contribution in [0.3, 0.4) is 0 Å². The first-order valence-corrected chi connectivity index (χ1v) is 12.0. The number of aryl methyl sites for hydroxylation is 1. The molecule has 3 heterocycles. The highest BCUT2D eigenvalue weighted by atomic mass is 16.5. The second kappa shape index (κ2) is 10.7. The van der Waals surface area contributed by atoms with E-state index in [9.17, 15) is 0 Å². The van der Waals surface area contributed by atoms with Gasteiger partial charge >= 0.3 is 0 Å². The van der Waals surface area contributed by atoms with Crippen LogP contribution < -0.4 is 25.0 Å². The van der Waals surface area contributed by atoms with Gasteiger partial charge in [-0.3, -0.25) is 0 Å². The summed E-state index contributed by atoms with van der Waals surface area (Å²) in [4.78, 5) is 19.9. The van der Waals surface area contributed by atoms with E-state index in [-0.39, 0.29) is 0 Å². The van der Waals surface area contributed by atoms with E-state index in [0.717, 1.165) is 42.1 Å². The molecule has 3 N–H and O–H groups in total. The van der Waals surface area contributed by atoms with Crippen LogP contribution in [0.5, 0.6) is 11.5 Å². The van der Waals surface area contributed by atoms with Crippen molar-refractivity contribution in [1.29, 1.82) is 0 Å². The first-order valence-electron chi connectivity index (χ1n) is 12.0. The van der Waals surface area contributed by atoms with Gasteiger partial charge in [-0.1, -0.05) is 18.2 Å². The highest BCUT2D eigenvalue weighted by Gasteiger charge is 2.20. The number of imidazole rings is 1. The lowest BCUT2D eigenvalue weighted by Crippen LogP contribution is -2.37. The van der Waals surface area contributed by atoms with Gasteiger partial charge in [0.2, 0.25) is 11.9 Å². The van der Waals surface area contributed by atoms with Crippen LogP contribution in [0.4, 0.5) is 23.4 Å². The zero-order valence-electron chi connectivity index (χ0n) is 20.8. The molecule has 0 atom stereocenters. The number of benzene rings is 2. The van der Waals surface area contributed by atoms with Gasteiger partial charge in [0.1, 0.15) is 5.52 Å². The number of hydrogen-bond donors (Lipinski definition) is 3. The van der Waals surface area contributed by atoms with Crippen molar-refractivity contribution in [2.45, 2.75) is 13.3 Å². The summed E-state index contributed by atoms with van der Waals surface area (Å²) in [5.74, 6) is 3.42. The Hall–Kier alpha value is -4.05. The Labute approximate surface area is 210 Å². The van der Waals surface area contributed by atoms with E-state index in [2.05, 4.69) is 39.6 Å². The standard InChI is InChI=1S/C26H31N7O3/c1-17-5-4-6-19(15-17)28-26-29-22-23(31-26)30-25(32-24(22)33-11-13-36-14-12-33)27-10-9-18-7-8-20(34-2)21(16-18)35-3/h4-8,15-16H,9-14H2,1-3H3,(H3,27,28,29,30,31,32). The van der Waals surface area contributed by atoms with Crippen LogP contribution >= 0.6 is 0 Å². The van der Waals surface area contributed by atoms with Gasteiger partial charge in [-0.2, -0.15) is 15.0 Å². The van der Waals surface area contributed by atoms with Gasteiger partial charge in [-0.05, 0) is 48.7 Å². The molecule has 0 unspecified atom stereocenters. The van der Waals surface area contributed by atoms with Gasteiger partial charge in [0.05, 0.1) is 27.4 Å². The number of methoxy groups -OCH3 is 2. The molecule has 2 aromatic carbocycles. The van der Waals surface area contributed by atoms with Crippen molar-refractivity contribution in [3.63, 3.8) is 0 Å². The second-order valence-corrected chi connectivity index (χ2v) is 8.61. The fourth-order valence-corrected chi connectivity index (χ4v) is 4.24. The number of aromatic amines is 1. The lowest BCUT2D eigenvalue weighted by atomic mass is 10.1. The van der Waals surface area contributed by atoms with Crippen molar-refractivity contribution in [3.8, 4) is 11.5 Å². The largest absolute Gasteiger partial charge is 0.493 e. The Morgan fingerprint density at radius 3 is 2.61 bits per heavy atom. The number of rotatable bonds is 9. The first kappa shape index (κ1) is 23.7. The predicted octanol–water partition coefficient (Wildman–Crippen LogP) is 3.91. The molecular formula is C26H31N7O3. The number of ether oxygens (including phenoxy) is 3. The number of fused-ring (bicyclic) bond motifs is 1. The van der Waals surface area contributed by atoms with E-state index in [4.69, 9.17) is 29.2 Å². The summed E-state index contributed by atoms with van der Waals surface area (Å²) in [5, 5.41) is 6.72. The normalized spacial score (nSPS) is 13.6. The minimum atomic E-state index is 0.540. The molecule has 2 aromatic heterocycles. The molecular weight excluding hydrogens is 458 g/mol. The van der Waals surface area contributed by atoms with Crippen LogP contribution in [0.15, 0.2) is 42.5 Å². The van der Waals surface area contributed by atoms with E-state index in [1.165, 1.54) is 5.56 Å². The molecule has 5 rings (SSSR count). The van der Waals surface area contributed by atoms with Gasteiger partial charge in [0.15, 0.2) is 23.0 Å². The van der Waals surface area contributed by atoms with Crippen molar-refractivity contribution in [2.75, 3.05) is 62.6 Å². The number of aromatic nitrogens is 4. The quantitative estimate of drug-likeness (QED) is 0.322. The summed E-state index contributed by atoms with van der Waals surface area (Å²) >= 11 is 0. The number of hydrogen-bond acceptors (Lipinski definition) is 9. The zero-order chi connectivity index (χ0) is 24.9. The lowest BCUT2D eigenvalue weighted by Gasteiger charge is -2.28. The molecule has 10 heteroatoms. The van der Waals surface area contributed by atoms with Gasteiger partial charge in [0.25, 0.3) is 0 Å². The summed E-state index contributed by atoms with van der Waals surface area (Å²) in [6.07, 6.45) is 0.773. The van der Waals surface area contributed by atoms with Gasteiger partial charge in [0, 0.05) is 25.3 Å². The van der Waals surface area contributed by atoms with Crippen molar-refractivity contribution in [2.24, 2.45) is 0 Å². The van der Waals surface area contributed by atoms with Crippen LogP contribution in [0.2, 0.25) is 0 Å². The zero-order valence-corrected chi connectivity index (χ0v) is 20.8. The molecule has 1 saturated heterocycles. The monoisotopic (exact) mass is 489 g/mol. The maximum Gasteiger partial charge on any atom is 0.226 e. The molecule has 0 bridgehead atoms. The van der Waals surface area contributed by atoms with E-state index in [1.807, 2.05) is 30.3 Å². The molecule has 0 aliphatic carbocycles. The fraction of sp³-hybridized carbons (Fsp3) is 0.346. The molecule has 10 nitrogen and oxygen atoms in total. The number of anilines is 4. The minimum Gasteiger partial charge on any atom is -0.493 e. The summed E-state index contributed by atoms with van der Waals surface area (Å²) in [6, 6.07) is 14.1. The highest BCUT2D eigenvalue weighted by molar-refractivity contribution is 5.87.